The van der Waals surface area contributed by atoms with Crippen LogP contribution in [0.3, 0.4) is 0 Å². The van der Waals surface area contributed by atoms with E-state index in [0.717, 1.165) is 36.1 Å². The van der Waals surface area contributed by atoms with Gasteiger partial charge in [0.25, 0.3) is 0 Å². The first-order valence-corrected chi connectivity index (χ1v) is 7.08. The minimum Gasteiger partial charge on any atom is -0.454 e. The maximum Gasteiger partial charge on any atom is 0.231 e. The van der Waals surface area contributed by atoms with Crippen molar-refractivity contribution >= 4 is 0 Å². The Bertz CT molecular complexity index is 431. The fraction of sp³-hybridized carbons (Fsp3) is 0.600. The highest BCUT2D eigenvalue weighted by Crippen LogP contribution is 2.32. The van der Waals surface area contributed by atoms with Gasteiger partial charge in [0.2, 0.25) is 6.79 Å². The molecule has 0 aromatic heterocycles. The normalized spacial score (nSPS) is 18.6. The van der Waals surface area contributed by atoms with Crippen molar-refractivity contribution in [3.63, 3.8) is 0 Å². The SMILES string of the molecule is CCC(CNC1CC1)OCc1ccc2c(c1)OCO2. The summed E-state index contributed by atoms with van der Waals surface area (Å²) in [6.07, 6.45) is 3.95. The number of ether oxygens (including phenoxy) is 3. The molecule has 2 aliphatic rings. The van der Waals surface area contributed by atoms with Crippen molar-refractivity contribution in [2.24, 2.45) is 0 Å². The third kappa shape index (κ3) is 3.39. The Balaban J connectivity index is 1.49. The molecule has 1 aliphatic carbocycles. The molecule has 4 nitrogen and oxygen atoms in total. The van der Waals surface area contributed by atoms with Gasteiger partial charge in [-0.3, -0.25) is 0 Å². The summed E-state index contributed by atoms with van der Waals surface area (Å²) in [5.74, 6) is 1.65. The summed E-state index contributed by atoms with van der Waals surface area (Å²) in [4.78, 5) is 0. The van der Waals surface area contributed by atoms with Crippen LogP contribution in [0.5, 0.6) is 11.5 Å². The van der Waals surface area contributed by atoms with Crippen molar-refractivity contribution in [1.29, 1.82) is 0 Å². The monoisotopic (exact) mass is 263 g/mol. The largest absolute Gasteiger partial charge is 0.454 e. The highest BCUT2D eigenvalue weighted by molar-refractivity contribution is 5.44. The van der Waals surface area contributed by atoms with Crippen LogP contribution < -0.4 is 14.8 Å². The highest BCUT2D eigenvalue weighted by atomic mass is 16.7. The Labute approximate surface area is 114 Å². The van der Waals surface area contributed by atoms with Gasteiger partial charge in [-0.2, -0.15) is 0 Å². The van der Waals surface area contributed by atoms with E-state index in [1.54, 1.807) is 0 Å². The Morgan fingerprint density at radius 1 is 1.32 bits per heavy atom. The van der Waals surface area contributed by atoms with Crippen LogP contribution in [0.2, 0.25) is 0 Å². The summed E-state index contributed by atoms with van der Waals surface area (Å²) in [5.41, 5.74) is 1.13. The van der Waals surface area contributed by atoms with Gasteiger partial charge in [-0.1, -0.05) is 13.0 Å². The van der Waals surface area contributed by atoms with Gasteiger partial charge in [0.15, 0.2) is 11.5 Å². The summed E-state index contributed by atoms with van der Waals surface area (Å²) >= 11 is 0. The lowest BCUT2D eigenvalue weighted by Crippen LogP contribution is -2.30. The minimum absolute atomic E-state index is 0.283. The van der Waals surface area contributed by atoms with Gasteiger partial charge >= 0.3 is 0 Å². The number of hydrogen-bond acceptors (Lipinski definition) is 4. The standard InChI is InChI=1S/C15H21NO3/c1-2-13(8-16-12-4-5-12)17-9-11-3-6-14-15(7-11)19-10-18-14/h3,6-7,12-13,16H,2,4-5,8-10H2,1H3. The Morgan fingerprint density at radius 3 is 2.95 bits per heavy atom. The van der Waals surface area contributed by atoms with Crippen molar-refractivity contribution in [2.45, 2.75) is 44.9 Å². The molecule has 1 saturated carbocycles. The molecule has 0 saturated heterocycles. The van der Waals surface area contributed by atoms with E-state index in [0.29, 0.717) is 13.4 Å². The van der Waals surface area contributed by atoms with Crippen molar-refractivity contribution in [3.8, 4) is 11.5 Å². The quantitative estimate of drug-likeness (QED) is 0.820. The molecule has 1 heterocycles. The molecule has 1 aromatic rings. The molecule has 19 heavy (non-hydrogen) atoms. The van der Waals surface area contributed by atoms with Gasteiger partial charge in [-0.25, -0.2) is 0 Å². The van der Waals surface area contributed by atoms with Crippen molar-refractivity contribution in [3.05, 3.63) is 23.8 Å². The van der Waals surface area contributed by atoms with E-state index in [-0.39, 0.29) is 6.10 Å². The Hall–Kier alpha value is -1.26. The summed E-state index contributed by atoms with van der Waals surface area (Å²) in [5, 5.41) is 3.52. The van der Waals surface area contributed by atoms with Crippen molar-refractivity contribution < 1.29 is 14.2 Å². The third-order valence-electron chi connectivity index (χ3n) is 3.59. The summed E-state index contributed by atoms with van der Waals surface area (Å²) in [6.45, 7) is 4.06. The van der Waals surface area contributed by atoms with Crippen LogP contribution in [0.1, 0.15) is 31.7 Å². The van der Waals surface area contributed by atoms with Crippen LogP contribution in [0, 0.1) is 0 Å². The molecule has 1 unspecified atom stereocenters. The van der Waals surface area contributed by atoms with Gasteiger partial charge < -0.3 is 19.5 Å². The molecule has 0 amide bonds. The average Bonchev–Trinajstić information content (AvgIpc) is 3.15. The first-order valence-electron chi connectivity index (χ1n) is 7.08. The number of fused-ring (bicyclic) bond motifs is 1. The van der Waals surface area contributed by atoms with Crippen LogP contribution in [0.15, 0.2) is 18.2 Å². The second-order valence-electron chi connectivity index (χ2n) is 5.21. The topological polar surface area (TPSA) is 39.7 Å². The van der Waals surface area contributed by atoms with Gasteiger partial charge in [0.05, 0.1) is 12.7 Å². The molecule has 1 N–H and O–H groups in total. The zero-order chi connectivity index (χ0) is 13.1. The van der Waals surface area contributed by atoms with E-state index < -0.39 is 0 Å². The second-order valence-corrected chi connectivity index (χ2v) is 5.21. The average molecular weight is 263 g/mol. The van der Waals surface area contributed by atoms with E-state index in [1.165, 1.54) is 12.8 Å². The first kappa shape index (κ1) is 12.8. The molecule has 0 radical (unpaired) electrons. The van der Waals surface area contributed by atoms with Crippen molar-refractivity contribution in [2.75, 3.05) is 13.3 Å². The Kier molecular flexibility index (Phi) is 3.89. The van der Waals surface area contributed by atoms with Crippen LogP contribution in [-0.2, 0) is 11.3 Å². The molecule has 3 rings (SSSR count). The van der Waals surface area contributed by atoms with E-state index in [1.807, 2.05) is 18.2 Å². The van der Waals surface area contributed by atoms with Crippen LogP contribution in [0.4, 0.5) is 0 Å². The molecule has 0 spiro atoms. The summed E-state index contributed by atoms with van der Waals surface area (Å²) in [7, 11) is 0. The Morgan fingerprint density at radius 2 is 2.16 bits per heavy atom. The molecule has 0 bridgehead atoms. The lowest BCUT2D eigenvalue weighted by molar-refractivity contribution is 0.0381. The van der Waals surface area contributed by atoms with Gasteiger partial charge in [0, 0.05) is 12.6 Å². The van der Waals surface area contributed by atoms with Crippen LogP contribution >= 0.6 is 0 Å². The summed E-state index contributed by atoms with van der Waals surface area (Å²) < 4.78 is 16.6. The lowest BCUT2D eigenvalue weighted by Gasteiger charge is -2.17. The maximum atomic E-state index is 5.96. The van der Waals surface area contributed by atoms with Gasteiger partial charge in [0.1, 0.15) is 0 Å². The van der Waals surface area contributed by atoms with Crippen molar-refractivity contribution in [1.82, 2.24) is 5.32 Å². The predicted octanol–water partition coefficient (Wildman–Crippen LogP) is 2.46. The fourth-order valence-corrected chi connectivity index (χ4v) is 2.15. The zero-order valence-electron chi connectivity index (χ0n) is 11.4. The molecule has 4 heteroatoms. The summed E-state index contributed by atoms with van der Waals surface area (Å²) in [6, 6.07) is 6.73. The fourth-order valence-electron chi connectivity index (χ4n) is 2.15. The smallest absolute Gasteiger partial charge is 0.231 e. The minimum atomic E-state index is 0.283. The second kappa shape index (κ2) is 5.80. The molecule has 1 atom stereocenters. The predicted molar refractivity (Wildman–Crippen MR) is 72.5 cm³/mol. The highest BCUT2D eigenvalue weighted by Gasteiger charge is 2.21. The number of nitrogens with one attached hydrogen (secondary N) is 1. The third-order valence-corrected chi connectivity index (χ3v) is 3.59. The number of hydrogen-bond donors (Lipinski definition) is 1. The van der Waals surface area contributed by atoms with Crippen LogP contribution in [0.25, 0.3) is 0 Å². The zero-order valence-corrected chi connectivity index (χ0v) is 11.4. The molecule has 1 fully saturated rings. The molecule has 1 aromatic carbocycles. The van der Waals surface area contributed by atoms with Crippen LogP contribution in [-0.4, -0.2) is 25.5 Å². The lowest BCUT2D eigenvalue weighted by atomic mass is 10.2. The van der Waals surface area contributed by atoms with E-state index in [4.69, 9.17) is 14.2 Å². The number of rotatable bonds is 7. The molecule has 104 valence electrons. The van der Waals surface area contributed by atoms with Gasteiger partial charge in [-0.05, 0) is 37.0 Å². The maximum absolute atomic E-state index is 5.96. The molecule has 1 aliphatic heterocycles. The first-order chi connectivity index (χ1) is 9.35. The molecular formula is C15H21NO3. The van der Waals surface area contributed by atoms with E-state index >= 15 is 0 Å². The van der Waals surface area contributed by atoms with E-state index in [9.17, 15) is 0 Å². The van der Waals surface area contributed by atoms with E-state index in [2.05, 4.69) is 12.2 Å². The number of benzene rings is 1. The van der Waals surface area contributed by atoms with Gasteiger partial charge in [-0.15, -0.1) is 0 Å². The molecular weight excluding hydrogens is 242 g/mol.